The lowest BCUT2D eigenvalue weighted by Crippen LogP contribution is -2.48. The number of rotatable bonds is 0. The van der Waals surface area contributed by atoms with Crippen LogP contribution in [0, 0.1) is 11.8 Å². The summed E-state index contributed by atoms with van der Waals surface area (Å²) >= 11 is 0. The lowest BCUT2D eigenvalue weighted by atomic mass is 9.80. The lowest BCUT2D eigenvalue weighted by Gasteiger charge is -2.48. The van der Waals surface area contributed by atoms with E-state index in [9.17, 15) is 0 Å². The second-order valence-corrected chi connectivity index (χ2v) is 6.33. The van der Waals surface area contributed by atoms with Gasteiger partial charge in [0.25, 0.3) is 0 Å². The highest BCUT2D eigenvalue weighted by atomic mass is 15.2. The highest BCUT2D eigenvalue weighted by molar-refractivity contribution is 5.29. The summed E-state index contributed by atoms with van der Waals surface area (Å²) < 4.78 is 0. The normalized spacial score (nSPS) is 30.6. The summed E-state index contributed by atoms with van der Waals surface area (Å²) in [5.74, 6) is 1.48. The second kappa shape index (κ2) is 3.83. The average Bonchev–Trinajstić information content (AvgIpc) is 2.16. The minimum absolute atomic E-state index is 0.205. The van der Waals surface area contributed by atoms with E-state index in [2.05, 4.69) is 44.7 Å². The summed E-state index contributed by atoms with van der Waals surface area (Å²) in [5, 5.41) is 0. The van der Waals surface area contributed by atoms with Crippen LogP contribution in [0.25, 0.3) is 0 Å². The number of fused-ring (bicyclic) bond motifs is 1. The molecule has 0 aromatic carbocycles. The molecule has 0 amide bonds. The first-order chi connectivity index (χ1) is 7.38. The quantitative estimate of drug-likeness (QED) is 0.680. The zero-order chi connectivity index (χ0) is 11.9. The first-order valence-electron chi connectivity index (χ1n) is 6.33. The summed E-state index contributed by atoms with van der Waals surface area (Å²) in [6, 6.07) is 0. The summed E-state index contributed by atoms with van der Waals surface area (Å²) in [6.07, 6.45) is 6.79. The predicted molar refractivity (Wildman–Crippen MR) is 68.7 cm³/mol. The SMILES string of the molecule is CC1CC2CC=C(N)C=C2N(C(C)(C)C)C1. The fourth-order valence-electron chi connectivity index (χ4n) is 2.90. The molecule has 2 atom stereocenters. The van der Waals surface area contributed by atoms with Crippen LogP contribution in [0.1, 0.15) is 40.5 Å². The van der Waals surface area contributed by atoms with Gasteiger partial charge in [0.15, 0.2) is 0 Å². The zero-order valence-corrected chi connectivity index (χ0v) is 11.0. The van der Waals surface area contributed by atoms with Crippen LogP contribution < -0.4 is 5.73 Å². The molecule has 0 spiro atoms. The monoisotopic (exact) mass is 220 g/mol. The van der Waals surface area contributed by atoms with Gasteiger partial charge < -0.3 is 10.6 Å². The molecule has 0 aromatic rings. The standard InChI is InChI=1S/C14H24N2/c1-10-7-11-5-6-12(15)8-13(11)16(9-10)14(2,3)4/h6,8,10-11H,5,7,9,15H2,1-4H3. The fourth-order valence-corrected chi connectivity index (χ4v) is 2.90. The van der Waals surface area contributed by atoms with Gasteiger partial charge in [0.05, 0.1) is 0 Å². The third-order valence-electron chi connectivity index (χ3n) is 3.67. The Hall–Kier alpha value is -0.920. The van der Waals surface area contributed by atoms with Crippen LogP contribution in [0.5, 0.6) is 0 Å². The molecule has 16 heavy (non-hydrogen) atoms. The van der Waals surface area contributed by atoms with Gasteiger partial charge in [0, 0.05) is 29.4 Å². The molecule has 2 rings (SSSR count). The molecule has 0 radical (unpaired) electrons. The predicted octanol–water partition coefficient (Wildman–Crippen LogP) is 2.87. The van der Waals surface area contributed by atoms with E-state index in [1.54, 1.807) is 0 Å². The first-order valence-corrected chi connectivity index (χ1v) is 6.33. The van der Waals surface area contributed by atoms with E-state index < -0.39 is 0 Å². The lowest BCUT2D eigenvalue weighted by molar-refractivity contribution is 0.100. The average molecular weight is 220 g/mol. The molecule has 2 nitrogen and oxygen atoms in total. The van der Waals surface area contributed by atoms with Crippen molar-refractivity contribution in [1.29, 1.82) is 0 Å². The maximum Gasteiger partial charge on any atom is 0.0315 e. The molecule has 0 aromatic heterocycles. The molecular weight excluding hydrogens is 196 g/mol. The van der Waals surface area contributed by atoms with Crippen molar-refractivity contribution in [2.45, 2.75) is 46.1 Å². The largest absolute Gasteiger partial charge is 0.399 e. The van der Waals surface area contributed by atoms with Crippen molar-refractivity contribution in [2.24, 2.45) is 17.6 Å². The molecule has 2 unspecified atom stereocenters. The number of allylic oxidation sites excluding steroid dienone is 3. The van der Waals surface area contributed by atoms with E-state index in [1.807, 2.05) is 0 Å². The molecule has 90 valence electrons. The first kappa shape index (κ1) is 11.6. The van der Waals surface area contributed by atoms with Gasteiger partial charge in [-0.05, 0) is 45.6 Å². The molecule has 2 N–H and O–H groups in total. The van der Waals surface area contributed by atoms with E-state index in [4.69, 9.17) is 5.73 Å². The van der Waals surface area contributed by atoms with Crippen molar-refractivity contribution in [3.8, 4) is 0 Å². The van der Waals surface area contributed by atoms with E-state index in [0.717, 1.165) is 18.0 Å². The van der Waals surface area contributed by atoms with E-state index in [1.165, 1.54) is 18.7 Å². The van der Waals surface area contributed by atoms with Crippen LogP contribution in [-0.4, -0.2) is 17.0 Å². The molecule has 1 aliphatic carbocycles. The van der Waals surface area contributed by atoms with Crippen molar-refractivity contribution < 1.29 is 0 Å². The maximum absolute atomic E-state index is 5.94. The van der Waals surface area contributed by atoms with E-state index >= 15 is 0 Å². The highest BCUT2D eigenvalue weighted by Gasteiger charge is 2.35. The zero-order valence-electron chi connectivity index (χ0n) is 11.0. The molecule has 0 bridgehead atoms. The van der Waals surface area contributed by atoms with Gasteiger partial charge in [-0.15, -0.1) is 0 Å². The Kier molecular flexibility index (Phi) is 2.77. The summed E-state index contributed by atoms with van der Waals surface area (Å²) in [6.45, 7) is 10.4. The van der Waals surface area contributed by atoms with Gasteiger partial charge in [0.1, 0.15) is 0 Å². The van der Waals surface area contributed by atoms with E-state index in [-0.39, 0.29) is 5.54 Å². The Balaban J connectivity index is 2.31. The van der Waals surface area contributed by atoms with Gasteiger partial charge in [-0.25, -0.2) is 0 Å². The van der Waals surface area contributed by atoms with E-state index in [0.29, 0.717) is 5.92 Å². The summed E-state index contributed by atoms with van der Waals surface area (Å²) in [7, 11) is 0. The van der Waals surface area contributed by atoms with Gasteiger partial charge >= 0.3 is 0 Å². The fraction of sp³-hybridized carbons (Fsp3) is 0.714. The van der Waals surface area contributed by atoms with Crippen molar-refractivity contribution in [2.75, 3.05) is 6.54 Å². The smallest absolute Gasteiger partial charge is 0.0315 e. The Morgan fingerprint density at radius 3 is 2.69 bits per heavy atom. The second-order valence-electron chi connectivity index (χ2n) is 6.33. The van der Waals surface area contributed by atoms with Crippen molar-refractivity contribution in [1.82, 2.24) is 4.90 Å². The molecule has 1 heterocycles. The number of likely N-dealkylation sites (tertiary alicyclic amines) is 1. The maximum atomic E-state index is 5.94. The molecule has 1 saturated heterocycles. The van der Waals surface area contributed by atoms with Crippen LogP contribution in [-0.2, 0) is 0 Å². The number of hydrogen-bond acceptors (Lipinski definition) is 2. The summed E-state index contributed by atoms with van der Waals surface area (Å²) in [4.78, 5) is 2.55. The minimum atomic E-state index is 0.205. The molecule has 2 heteroatoms. The Labute approximate surface area is 99.2 Å². The van der Waals surface area contributed by atoms with Crippen LogP contribution in [0.4, 0.5) is 0 Å². The molecule has 1 fully saturated rings. The van der Waals surface area contributed by atoms with Crippen molar-refractivity contribution >= 4 is 0 Å². The van der Waals surface area contributed by atoms with Gasteiger partial charge in [-0.1, -0.05) is 13.0 Å². The number of hydrogen-bond donors (Lipinski definition) is 1. The third kappa shape index (κ3) is 2.11. The topological polar surface area (TPSA) is 29.3 Å². The molecule has 2 aliphatic rings. The van der Waals surface area contributed by atoms with Crippen LogP contribution in [0.15, 0.2) is 23.5 Å². The highest BCUT2D eigenvalue weighted by Crippen LogP contribution is 2.39. The van der Waals surface area contributed by atoms with Crippen LogP contribution >= 0.6 is 0 Å². The number of nitrogens with two attached hydrogens (primary N) is 1. The van der Waals surface area contributed by atoms with Gasteiger partial charge in [0.2, 0.25) is 0 Å². The van der Waals surface area contributed by atoms with Gasteiger partial charge in [-0.2, -0.15) is 0 Å². The third-order valence-corrected chi connectivity index (χ3v) is 3.67. The van der Waals surface area contributed by atoms with Crippen LogP contribution in [0.2, 0.25) is 0 Å². The molecular formula is C14H24N2. The number of nitrogens with zero attached hydrogens (tertiary/aromatic N) is 1. The summed E-state index contributed by atoms with van der Waals surface area (Å²) in [5.41, 5.74) is 8.55. The Morgan fingerprint density at radius 2 is 2.06 bits per heavy atom. The van der Waals surface area contributed by atoms with Gasteiger partial charge in [-0.3, -0.25) is 0 Å². The van der Waals surface area contributed by atoms with Crippen LogP contribution in [0.3, 0.4) is 0 Å². The van der Waals surface area contributed by atoms with Crippen molar-refractivity contribution in [3.05, 3.63) is 23.5 Å². The minimum Gasteiger partial charge on any atom is -0.399 e. The molecule has 1 aliphatic heterocycles. The Morgan fingerprint density at radius 1 is 1.38 bits per heavy atom. The Bertz CT molecular complexity index is 333. The number of piperidine rings is 1. The van der Waals surface area contributed by atoms with Crippen molar-refractivity contribution in [3.63, 3.8) is 0 Å². The molecule has 0 saturated carbocycles.